The average molecular weight is 152 g/mol. The highest BCUT2D eigenvalue weighted by atomic mass is 16.3. The van der Waals surface area contributed by atoms with Crippen LogP contribution < -0.4 is 0 Å². The van der Waals surface area contributed by atoms with Gasteiger partial charge in [-0.15, -0.1) is 6.58 Å². The van der Waals surface area contributed by atoms with Crippen LogP contribution >= 0.6 is 0 Å². The number of hydrogen-bond acceptors (Lipinski definition) is 1. The third-order valence-electron chi connectivity index (χ3n) is 2.85. The predicted octanol–water partition coefficient (Wildman–Crippen LogP) is 1.99. The van der Waals surface area contributed by atoms with E-state index in [0.717, 1.165) is 5.57 Å². The van der Waals surface area contributed by atoms with Gasteiger partial charge in [0.2, 0.25) is 0 Å². The quantitative estimate of drug-likeness (QED) is 0.613. The summed E-state index contributed by atoms with van der Waals surface area (Å²) in [4.78, 5) is 0. The summed E-state index contributed by atoms with van der Waals surface area (Å²) < 4.78 is 0. The molecule has 1 nitrogen and oxygen atoms in total. The van der Waals surface area contributed by atoms with E-state index in [1.165, 1.54) is 0 Å². The first-order valence-electron chi connectivity index (χ1n) is 3.96. The average Bonchev–Trinajstić information content (AvgIpc) is 2.57. The highest BCUT2D eigenvalue weighted by Crippen LogP contribution is 2.61. The Morgan fingerprint density at radius 3 is 2.36 bits per heavy atom. The highest BCUT2D eigenvalue weighted by molar-refractivity contribution is 5.25. The molecule has 0 aromatic heterocycles. The maximum absolute atomic E-state index is 9.10. The number of aliphatic hydroxyl groups excluding tert-OH is 1. The van der Waals surface area contributed by atoms with Gasteiger partial charge in [-0.05, 0) is 18.8 Å². The van der Waals surface area contributed by atoms with E-state index in [9.17, 15) is 0 Å². The Bertz CT molecular complexity index is 195. The van der Waals surface area contributed by atoms with E-state index in [1.807, 2.05) is 13.0 Å². The molecule has 1 aliphatic carbocycles. The van der Waals surface area contributed by atoms with Crippen LogP contribution in [-0.2, 0) is 0 Å². The van der Waals surface area contributed by atoms with E-state index in [4.69, 9.17) is 5.11 Å². The van der Waals surface area contributed by atoms with Crippen molar-refractivity contribution >= 4 is 0 Å². The molecule has 1 saturated carbocycles. The van der Waals surface area contributed by atoms with Crippen molar-refractivity contribution < 1.29 is 5.11 Å². The van der Waals surface area contributed by atoms with Gasteiger partial charge in [-0.3, -0.25) is 0 Å². The van der Waals surface area contributed by atoms with Crippen molar-refractivity contribution in [2.45, 2.75) is 13.8 Å². The predicted molar refractivity (Wildman–Crippen MR) is 47.2 cm³/mol. The SMILES string of the molecule is C=CC1C(C(=C)C)C1(C)CO. The van der Waals surface area contributed by atoms with Crippen LogP contribution in [0, 0.1) is 17.3 Å². The maximum atomic E-state index is 9.10. The van der Waals surface area contributed by atoms with E-state index in [0.29, 0.717) is 11.8 Å². The van der Waals surface area contributed by atoms with Crippen molar-refractivity contribution in [2.75, 3.05) is 6.61 Å². The molecule has 1 rings (SSSR count). The topological polar surface area (TPSA) is 20.2 Å². The number of aliphatic hydroxyl groups is 1. The minimum absolute atomic E-state index is 0.0353. The molecule has 1 aliphatic rings. The van der Waals surface area contributed by atoms with Gasteiger partial charge in [0.25, 0.3) is 0 Å². The molecular weight excluding hydrogens is 136 g/mol. The number of rotatable bonds is 3. The zero-order chi connectivity index (χ0) is 8.65. The normalized spacial score (nSPS) is 41.7. The monoisotopic (exact) mass is 152 g/mol. The van der Waals surface area contributed by atoms with Gasteiger partial charge < -0.3 is 5.11 Å². The molecule has 0 bridgehead atoms. The van der Waals surface area contributed by atoms with E-state index >= 15 is 0 Å². The molecule has 0 aromatic carbocycles. The van der Waals surface area contributed by atoms with Gasteiger partial charge in [-0.2, -0.15) is 0 Å². The molecule has 1 heteroatoms. The van der Waals surface area contributed by atoms with Crippen LogP contribution in [0.5, 0.6) is 0 Å². The van der Waals surface area contributed by atoms with Gasteiger partial charge in [-0.1, -0.05) is 25.2 Å². The lowest BCUT2D eigenvalue weighted by atomic mass is 10.0. The Morgan fingerprint density at radius 2 is 2.27 bits per heavy atom. The van der Waals surface area contributed by atoms with Gasteiger partial charge >= 0.3 is 0 Å². The first-order valence-corrected chi connectivity index (χ1v) is 3.96. The second-order valence-corrected chi connectivity index (χ2v) is 3.75. The molecule has 1 N–H and O–H groups in total. The van der Waals surface area contributed by atoms with Crippen molar-refractivity contribution in [3.8, 4) is 0 Å². The molecule has 0 aromatic rings. The summed E-state index contributed by atoms with van der Waals surface area (Å²) >= 11 is 0. The largest absolute Gasteiger partial charge is 0.396 e. The van der Waals surface area contributed by atoms with Gasteiger partial charge in [0.15, 0.2) is 0 Å². The second kappa shape index (κ2) is 2.49. The minimum atomic E-state index is 0.0353. The van der Waals surface area contributed by atoms with E-state index in [2.05, 4.69) is 20.1 Å². The highest BCUT2D eigenvalue weighted by Gasteiger charge is 2.59. The van der Waals surface area contributed by atoms with Crippen LogP contribution in [0.15, 0.2) is 24.8 Å². The Labute approximate surface area is 68.4 Å². The molecular formula is C10H16O. The van der Waals surface area contributed by atoms with Crippen LogP contribution in [0.1, 0.15) is 13.8 Å². The fraction of sp³-hybridized carbons (Fsp3) is 0.600. The first-order chi connectivity index (χ1) is 5.07. The molecule has 11 heavy (non-hydrogen) atoms. The maximum Gasteiger partial charge on any atom is 0.0496 e. The van der Waals surface area contributed by atoms with Gasteiger partial charge in [-0.25, -0.2) is 0 Å². The number of hydrogen-bond donors (Lipinski definition) is 1. The lowest BCUT2D eigenvalue weighted by Gasteiger charge is -2.04. The van der Waals surface area contributed by atoms with Crippen LogP contribution in [-0.4, -0.2) is 11.7 Å². The summed E-state index contributed by atoms with van der Waals surface area (Å²) in [7, 11) is 0. The summed E-state index contributed by atoms with van der Waals surface area (Å²) in [6.45, 7) is 12.0. The molecule has 0 saturated heterocycles. The molecule has 0 aliphatic heterocycles. The van der Waals surface area contributed by atoms with Gasteiger partial charge in [0, 0.05) is 12.0 Å². The molecule has 0 spiro atoms. The van der Waals surface area contributed by atoms with E-state index in [-0.39, 0.29) is 12.0 Å². The lowest BCUT2D eigenvalue weighted by Crippen LogP contribution is -2.05. The van der Waals surface area contributed by atoms with Crippen LogP contribution in [0.2, 0.25) is 0 Å². The Morgan fingerprint density at radius 1 is 1.73 bits per heavy atom. The molecule has 1 fully saturated rings. The third kappa shape index (κ3) is 1.04. The minimum Gasteiger partial charge on any atom is -0.396 e. The Balaban J connectivity index is 2.73. The summed E-state index contributed by atoms with van der Waals surface area (Å²) in [5.74, 6) is 0.884. The van der Waals surface area contributed by atoms with Gasteiger partial charge in [0.1, 0.15) is 0 Å². The summed E-state index contributed by atoms with van der Waals surface area (Å²) in [5.41, 5.74) is 1.19. The summed E-state index contributed by atoms with van der Waals surface area (Å²) in [5, 5.41) is 9.10. The zero-order valence-electron chi connectivity index (χ0n) is 7.30. The molecule has 0 amide bonds. The number of allylic oxidation sites excluding steroid dienone is 2. The molecule has 0 heterocycles. The smallest absolute Gasteiger partial charge is 0.0496 e. The van der Waals surface area contributed by atoms with Crippen LogP contribution in [0.4, 0.5) is 0 Å². The standard InChI is InChI=1S/C10H16O/c1-5-8-9(7(2)3)10(8,4)6-11/h5,8-9,11H,1-2,6H2,3-4H3. The van der Waals surface area contributed by atoms with Crippen molar-refractivity contribution in [3.05, 3.63) is 24.8 Å². The van der Waals surface area contributed by atoms with Crippen molar-refractivity contribution in [3.63, 3.8) is 0 Å². The van der Waals surface area contributed by atoms with Gasteiger partial charge in [0.05, 0.1) is 0 Å². The fourth-order valence-corrected chi connectivity index (χ4v) is 2.08. The fourth-order valence-electron chi connectivity index (χ4n) is 2.08. The van der Waals surface area contributed by atoms with Crippen molar-refractivity contribution in [2.24, 2.45) is 17.3 Å². The van der Waals surface area contributed by atoms with E-state index < -0.39 is 0 Å². The molecule has 0 radical (unpaired) electrons. The van der Waals surface area contributed by atoms with Crippen LogP contribution in [0.3, 0.4) is 0 Å². The first kappa shape index (κ1) is 8.54. The van der Waals surface area contributed by atoms with Crippen molar-refractivity contribution in [1.82, 2.24) is 0 Å². The summed E-state index contributed by atoms with van der Waals surface area (Å²) in [6.07, 6.45) is 1.93. The second-order valence-electron chi connectivity index (χ2n) is 3.75. The molecule has 62 valence electrons. The Hall–Kier alpha value is -0.560. The van der Waals surface area contributed by atoms with E-state index in [1.54, 1.807) is 0 Å². The summed E-state index contributed by atoms with van der Waals surface area (Å²) in [6, 6.07) is 0. The zero-order valence-corrected chi connectivity index (χ0v) is 7.30. The molecule has 3 atom stereocenters. The van der Waals surface area contributed by atoms with Crippen LogP contribution in [0.25, 0.3) is 0 Å². The third-order valence-corrected chi connectivity index (χ3v) is 2.85. The Kier molecular flexibility index (Phi) is 1.93. The lowest BCUT2D eigenvalue weighted by molar-refractivity contribution is 0.210. The molecule has 3 unspecified atom stereocenters. The van der Waals surface area contributed by atoms with Crippen molar-refractivity contribution in [1.29, 1.82) is 0 Å².